The number of aromatic nitrogens is 2. The average molecular weight is 272 g/mol. The van der Waals surface area contributed by atoms with Crippen LogP contribution in [0.2, 0.25) is 0 Å². The summed E-state index contributed by atoms with van der Waals surface area (Å²) in [5, 5.41) is 3.26. The Kier molecular flexibility index (Phi) is 4.36. The van der Waals surface area contributed by atoms with Crippen LogP contribution < -0.4 is 11.1 Å². The molecule has 1 fully saturated rings. The van der Waals surface area contributed by atoms with Crippen LogP contribution in [0.1, 0.15) is 25.1 Å². The molecule has 3 N–H and O–H groups in total. The van der Waals surface area contributed by atoms with Crippen molar-refractivity contribution >= 4 is 29.2 Å². The third-order valence-electron chi connectivity index (χ3n) is 2.50. The van der Waals surface area contributed by atoms with Crippen LogP contribution in [0.15, 0.2) is 4.34 Å². The minimum atomic E-state index is -0.258. The molecule has 0 spiro atoms. The number of nitrogens with zero attached hydrogens (tertiary/aromatic N) is 2. The SMILES string of the molecule is Cc1nsc(SCCC(NC2CC2)C(N)=O)n1. The van der Waals surface area contributed by atoms with Gasteiger partial charge in [-0.1, -0.05) is 11.8 Å². The fourth-order valence-corrected chi connectivity index (χ4v) is 3.16. The van der Waals surface area contributed by atoms with Gasteiger partial charge < -0.3 is 11.1 Å². The molecule has 1 saturated carbocycles. The van der Waals surface area contributed by atoms with Gasteiger partial charge in [-0.25, -0.2) is 4.98 Å². The minimum absolute atomic E-state index is 0.205. The topological polar surface area (TPSA) is 80.9 Å². The van der Waals surface area contributed by atoms with E-state index in [-0.39, 0.29) is 11.9 Å². The zero-order chi connectivity index (χ0) is 12.3. The number of amides is 1. The predicted octanol–water partition coefficient (Wildman–Crippen LogP) is 0.935. The summed E-state index contributed by atoms with van der Waals surface area (Å²) in [5.74, 6) is 1.38. The van der Waals surface area contributed by atoms with Crippen molar-refractivity contribution in [2.24, 2.45) is 5.73 Å². The van der Waals surface area contributed by atoms with Crippen LogP contribution in [-0.2, 0) is 4.79 Å². The number of hydrogen-bond acceptors (Lipinski definition) is 6. The maximum absolute atomic E-state index is 11.2. The lowest BCUT2D eigenvalue weighted by Gasteiger charge is -2.13. The Labute approximate surface area is 109 Å². The van der Waals surface area contributed by atoms with Gasteiger partial charge in [0.2, 0.25) is 5.91 Å². The standard InChI is InChI=1S/C10H16N4OS2/c1-6-12-10(17-14-6)16-5-4-8(9(11)15)13-7-2-3-7/h7-8,13H,2-5H2,1H3,(H2,11,15). The molecule has 1 atom stereocenters. The summed E-state index contributed by atoms with van der Waals surface area (Å²) in [5.41, 5.74) is 5.36. The van der Waals surface area contributed by atoms with Crippen LogP contribution in [0.25, 0.3) is 0 Å². The molecule has 1 aliphatic carbocycles. The van der Waals surface area contributed by atoms with Gasteiger partial charge in [0.05, 0.1) is 6.04 Å². The first-order valence-electron chi connectivity index (χ1n) is 5.63. The van der Waals surface area contributed by atoms with Crippen LogP contribution in [0.4, 0.5) is 0 Å². The fourth-order valence-electron chi connectivity index (χ4n) is 1.44. The van der Waals surface area contributed by atoms with E-state index in [2.05, 4.69) is 14.7 Å². The second-order valence-electron chi connectivity index (χ2n) is 4.14. The van der Waals surface area contributed by atoms with Crippen LogP contribution >= 0.6 is 23.3 Å². The number of primary amides is 1. The quantitative estimate of drug-likeness (QED) is 0.722. The molecule has 0 bridgehead atoms. The van der Waals surface area contributed by atoms with E-state index in [0.717, 1.165) is 35.2 Å². The third-order valence-corrected chi connectivity index (χ3v) is 4.46. The van der Waals surface area contributed by atoms with Gasteiger partial charge in [0.25, 0.3) is 0 Å². The van der Waals surface area contributed by atoms with Crippen molar-refractivity contribution in [2.75, 3.05) is 5.75 Å². The molecule has 1 aliphatic rings. The van der Waals surface area contributed by atoms with Crippen LogP contribution in [-0.4, -0.2) is 33.1 Å². The molecule has 1 unspecified atom stereocenters. The lowest BCUT2D eigenvalue weighted by atomic mass is 10.2. The van der Waals surface area contributed by atoms with Crippen molar-refractivity contribution in [3.05, 3.63) is 5.82 Å². The van der Waals surface area contributed by atoms with E-state index in [1.807, 2.05) is 6.92 Å². The molecule has 0 aliphatic heterocycles. The summed E-state index contributed by atoms with van der Waals surface area (Å²) in [6, 6.07) is 0.297. The Morgan fingerprint density at radius 3 is 3.00 bits per heavy atom. The Hall–Kier alpha value is -0.660. The predicted molar refractivity (Wildman–Crippen MR) is 69.1 cm³/mol. The van der Waals surface area contributed by atoms with Gasteiger partial charge in [0, 0.05) is 11.8 Å². The molecule has 17 heavy (non-hydrogen) atoms. The van der Waals surface area contributed by atoms with Crippen LogP contribution in [0, 0.1) is 6.92 Å². The smallest absolute Gasteiger partial charge is 0.234 e. The summed E-state index contributed by atoms with van der Waals surface area (Å²) in [4.78, 5) is 15.5. The average Bonchev–Trinajstić information content (AvgIpc) is 3.00. The molecule has 1 aromatic rings. The molecule has 1 aromatic heterocycles. The number of thioether (sulfide) groups is 1. The van der Waals surface area contributed by atoms with Crippen molar-refractivity contribution in [1.29, 1.82) is 0 Å². The summed E-state index contributed by atoms with van der Waals surface area (Å²) in [7, 11) is 0. The van der Waals surface area contributed by atoms with E-state index in [1.165, 1.54) is 11.5 Å². The largest absolute Gasteiger partial charge is 0.368 e. The minimum Gasteiger partial charge on any atom is -0.368 e. The Morgan fingerprint density at radius 2 is 2.47 bits per heavy atom. The second kappa shape index (κ2) is 5.79. The summed E-state index contributed by atoms with van der Waals surface area (Å²) in [6.45, 7) is 1.88. The van der Waals surface area contributed by atoms with Gasteiger partial charge in [0.15, 0.2) is 4.34 Å². The third kappa shape index (κ3) is 4.25. The molecule has 1 amide bonds. The second-order valence-corrected chi connectivity index (χ2v) is 6.23. The highest BCUT2D eigenvalue weighted by Gasteiger charge is 2.26. The Bertz CT molecular complexity index is 391. The van der Waals surface area contributed by atoms with Crippen molar-refractivity contribution in [1.82, 2.24) is 14.7 Å². The number of aryl methyl sites for hydroxylation is 1. The highest BCUT2D eigenvalue weighted by atomic mass is 32.2. The van der Waals surface area contributed by atoms with E-state index in [9.17, 15) is 4.79 Å². The number of hydrogen-bond donors (Lipinski definition) is 2. The Balaban J connectivity index is 1.72. The molecule has 5 nitrogen and oxygen atoms in total. The number of carbonyl (C=O) groups is 1. The molecule has 94 valence electrons. The highest BCUT2D eigenvalue weighted by molar-refractivity contribution is 8.00. The van der Waals surface area contributed by atoms with Gasteiger partial charge in [0.1, 0.15) is 5.82 Å². The number of nitrogens with two attached hydrogens (primary N) is 1. The van der Waals surface area contributed by atoms with E-state index < -0.39 is 0 Å². The van der Waals surface area contributed by atoms with E-state index in [0.29, 0.717) is 6.04 Å². The summed E-state index contributed by atoms with van der Waals surface area (Å²) >= 11 is 3.03. The molecule has 0 radical (unpaired) electrons. The molecule has 0 aromatic carbocycles. The Morgan fingerprint density at radius 1 is 1.71 bits per heavy atom. The van der Waals surface area contributed by atoms with Crippen LogP contribution in [0.5, 0.6) is 0 Å². The first-order chi connectivity index (χ1) is 8.15. The van der Waals surface area contributed by atoms with E-state index in [1.54, 1.807) is 11.8 Å². The van der Waals surface area contributed by atoms with Crippen LogP contribution in [0.3, 0.4) is 0 Å². The number of nitrogens with one attached hydrogen (secondary N) is 1. The normalized spacial score (nSPS) is 17.0. The summed E-state index contributed by atoms with van der Waals surface area (Å²) in [6.07, 6.45) is 3.06. The van der Waals surface area contributed by atoms with Crippen molar-refractivity contribution in [3.63, 3.8) is 0 Å². The van der Waals surface area contributed by atoms with Gasteiger partial charge in [-0.05, 0) is 37.7 Å². The number of carbonyl (C=O) groups excluding carboxylic acids is 1. The zero-order valence-electron chi connectivity index (χ0n) is 9.68. The summed E-state index contributed by atoms with van der Waals surface area (Å²) < 4.78 is 5.07. The molecule has 1 heterocycles. The first-order valence-corrected chi connectivity index (χ1v) is 7.39. The van der Waals surface area contributed by atoms with E-state index in [4.69, 9.17) is 5.73 Å². The van der Waals surface area contributed by atoms with Crippen molar-refractivity contribution in [3.8, 4) is 0 Å². The van der Waals surface area contributed by atoms with Gasteiger partial charge >= 0.3 is 0 Å². The van der Waals surface area contributed by atoms with Gasteiger partial charge in [-0.15, -0.1) is 0 Å². The molecular formula is C10H16N4OS2. The lowest BCUT2D eigenvalue weighted by molar-refractivity contribution is -0.120. The molecule has 7 heteroatoms. The van der Waals surface area contributed by atoms with Crippen molar-refractivity contribution in [2.45, 2.75) is 42.6 Å². The van der Waals surface area contributed by atoms with E-state index >= 15 is 0 Å². The maximum Gasteiger partial charge on any atom is 0.234 e. The highest BCUT2D eigenvalue weighted by Crippen LogP contribution is 2.23. The lowest BCUT2D eigenvalue weighted by Crippen LogP contribution is -2.42. The maximum atomic E-state index is 11.2. The molecular weight excluding hydrogens is 256 g/mol. The van der Waals surface area contributed by atoms with Gasteiger partial charge in [-0.3, -0.25) is 4.79 Å². The fraction of sp³-hybridized carbons (Fsp3) is 0.700. The monoisotopic (exact) mass is 272 g/mol. The number of rotatable bonds is 7. The van der Waals surface area contributed by atoms with Crippen molar-refractivity contribution < 1.29 is 4.79 Å². The first kappa shape index (κ1) is 12.8. The molecule has 0 saturated heterocycles. The van der Waals surface area contributed by atoms with Gasteiger partial charge in [-0.2, -0.15) is 4.37 Å². The molecule has 2 rings (SSSR count). The zero-order valence-corrected chi connectivity index (χ0v) is 11.3.